The third-order valence-corrected chi connectivity index (χ3v) is 5.27. The van der Waals surface area contributed by atoms with Crippen molar-refractivity contribution in [3.8, 4) is 0 Å². The summed E-state index contributed by atoms with van der Waals surface area (Å²) in [6.07, 6.45) is 7.99. The van der Waals surface area contributed by atoms with E-state index in [0.29, 0.717) is 6.04 Å². The van der Waals surface area contributed by atoms with Crippen LogP contribution < -0.4 is 5.32 Å². The Hall–Kier alpha value is -1.94. The summed E-state index contributed by atoms with van der Waals surface area (Å²) in [5, 5.41) is 4.74. The smallest absolute Gasteiger partial charge is 0.244 e. The van der Waals surface area contributed by atoms with Gasteiger partial charge in [0.05, 0.1) is 5.52 Å². The second-order valence-corrected chi connectivity index (χ2v) is 6.91. The summed E-state index contributed by atoms with van der Waals surface area (Å²) in [4.78, 5) is 19.6. The highest BCUT2D eigenvalue weighted by Crippen LogP contribution is 2.24. The minimum atomic E-state index is -0.305. The second-order valence-electron chi connectivity index (χ2n) is 6.91. The normalized spacial score (nSPS) is 16.7. The largest absolute Gasteiger partial charge is 0.342 e. The number of amides is 1. The summed E-state index contributed by atoms with van der Waals surface area (Å²) in [6.45, 7) is 5.55. The van der Waals surface area contributed by atoms with Crippen LogP contribution in [-0.4, -0.2) is 34.9 Å². The van der Waals surface area contributed by atoms with Crippen LogP contribution in [0.2, 0.25) is 0 Å². The van der Waals surface area contributed by atoms with Crippen LogP contribution in [0, 0.1) is 0 Å². The van der Waals surface area contributed by atoms with E-state index in [9.17, 15) is 4.79 Å². The van der Waals surface area contributed by atoms with Gasteiger partial charge in [0, 0.05) is 30.7 Å². The van der Waals surface area contributed by atoms with Gasteiger partial charge in [-0.1, -0.05) is 37.5 Å². The van der Waals surface area contributed by atoms with E-state index in [-0.39, 0.29) is 11.9 Å². The van der Waals surface area contributed by atoms with E-state index in [1.807, 2.05) is 43.1 Å². The number of likely N-dealkylation sites (N-methyl/N-ethyl adjacent to an activating group) is 1. The Labute approximate surface area is 150 Å². The molecule has 1 aliphatic carbocycles. The predicted octanol–water partition coefficient (Wildman–Crippen LogP) is 4.07. The number of aromatic nitrogens is 1. The van der Waals surface area contributed by atoms with Crippen molar-refractivity contribution in [2.45, 2.75) is 58.0 Å². The minimum Gasteiger partial charge on any atom is -0.342 e. The molecule has 1 heterocycles. The molecule has 4 nitrogen and oxygen atoms in total. The van der Waals surface area contributed by atoms with Crippen LogP contribution in [0.4, 0.5) is 0 Å². The number of carbonyl (C=O) groups is 1. The fraction of sp³-hybridized carbons (Fsp3) is 0.524. The van der Waals surface area contributed by atoms with E-state index in [1.165, 1.54) is 19.3 Å². The standard InChI is InChI=1S/C21H29N3O/c1-3-24(4-2)21(25)20(23-18-11-6-5-7-12-18)17-14-16-10-8-9-13-19(16)22-15-17/h8-10,13-15,18,20,23H,3-7,11-12H2,1-2H3. The number of benzene rings is 1. The highest BCUT2D eigenvalue weighted by molar-refractivity contribution is 5.85. The van der Waals surface area contributed by atoms with Crippen molar-refractivity contribution in [2.75, 3.05) is 13.1 Å². The van der Waals surface area contributed by atoms with Gasteiger partial charge in [-0.05, 0) is 44.4 Å². The van der Waals surface area contributed by atoms with Crippen LogP contribution in [0.1, 0.15) is 57.6 Å². The van der Waals surface area contributed by atoms with Gasteiger partial charge >= 0.3 is 0 Å². The van der Waals surface area contributed by atoms with Gasteiger partial charge in [0.2, 0.25) is 5.91 Å². The molecule has 2 aromatic rings. The quantitative estimate of drug-likeness (QED) is 0.863. The number of nitrogens with zero attached hydrogens (tertiary/aromatic N) is 2. The first-order chi connectivity index (χ1) is 12.2. The summed E-state index contributed by atoms with van der Waals surface area (Å²) >= 11 is 0. The lowest BCUT2D eigenvalue weighted by Gasteiger charge is -2.31. The number of rotatable bonds is 6. The van der Waals surface area contributed by atoms with Crippen molar-refractivity contribution >= 4 is 16.8 Å². The van der Waals surface area contributed by atoms with Gasteiger partial charge in [-0.25, -0.2) is 0 Å². The first kappa shape index (κ1) is 17.9. The summed E-state index contributed by atoms with van der Waals surface area (Å²) in [7, 11) is 0. The number of hydrogen-bond donors (Lipinski definition) is 1. The van der Waals surface area contributed by atoms with E-state index in [0.717, 1.165) is 42.4 Å². The van der Waals surface area contributed by atoms with E-state index in [4.69, 9.17) is 0 Å². The Kier molecular flexibility index (Phi) is 6.03. The zero-order valence-electron chi connectivity index (χ0n) is 15.4. The van der Waals surface area contributed by atoms with Crippen LogP contribution in [0.3, 0.4) is 0 Å². The van der Waals surface area contributed by atoms with Gasteiger partial charge in [0.1, 0.15) is 6.04 Å². The van der Waals surface area contributed by atoms with Gasteiger partial charge in [-0.15, -0.1) is 0 Å². The molecule has 0 saturated heterocycles. The molecule has 1 N–H and O–H groups in total. The van der Waals surface area contributed by atoms with Crippen molar-refractivity contribution in [1.29, 1.82) is 0 Å². The van der Waals surface area contributed by atoms with E-state index < -0.39 is 0 Å². The Balaban J connectivity index is 1.91. The zero-order chi connectivity index (χ0) is 17.6. The maximum atomic E-state index is 13.2. The van der Waals surface area contributed by atoms with Crippen molar-refractivity contribution in [3.63, 3.8) is 0 Å². The van der Waals surface area contributed by atoms with Crippen molar-refractivity contribution in [2.24, 2.45) is 0 Å². The van der Waals surface area contributed by atoms with Crippen LogP contribution in [0.15, 0.2) is 36.5 Å². The van der Waals surface area contributed by atoms with Crippen LogP contribution in [0.5, 0.6) is 0 Å². The number of pyridine rings is 1. The average molecular weight is 339 g/mol. The monoisotopic (exact) mass is 339 g/mol. The molecule has 1 fully saturated rings. The molecule has 0 radical (unpaired) electrons. The summed E-state index contributed by atoms with van der Waals surface area (Å²) in [5.41, 5.74) is 1.94. The van der Waals surface area contributed by atoms with E-state index in [2.05, 4.69) is 22.4 Å². The molecule has 0 spiro atoms. The molecule has 1 amide bonds. The Morgan fingerprint density at radius 1 is 1.20 bits per heavy atom. The fourth-order valence-corrected chi connectivity index (χ4v) is 3.78. The molecule has 0 bridgehead atoms. The molecule has 134 valence electrons. The van der Waals surface area contributed by atoms with E-state index in [1.54, 1.807) is 0 Å². The van der Waals surface area contributed by atoms with Gasteiger partial charge in [0.15, 0.2) is 0 Å². The molecule has 1 aromatic carbocycles. The highest BCUT2D eigenvalue weighted by atomic mass is 16.2. The lowest BCUT2D eigenvalue weighted by atomic mass is 9.93. The molecule has 1 saturated carbocycles. The maximum absolute atomic E-state index is 13.2. The molecular weight excluding hydrogens is 310 g/mol. The zero-order valence-corrected chi connectivity index (χ0v) is 15.4. The summed E-state index contributed by atoms with van der Waals surface area (Å²) < 4.78 is 0. The Bertz CT molecular complexity index is 705. The van der Waals surface area contributed by atoms with Gasteiger partial charge in [-0.3, -0.25) is 15.1 Å². The molecule has 25 heavy (non-hydrogen) atoms. The maximum Gasteiger partial charge on any atom is 0.244 e. The minimum absolute atomic E-state index is 0.160. The number of carbonyl (C=O) groups excluding carboxylic acids is 1. The predicted molar refractivity (Wildman–Crippen MR) is 102 cm³/mol. The van der Waals surface area contributed by atoms with Gasteiger partial charge in [-0.2, -0.15) is 0 Å². The SMILES string of the molecule is CCN(CC)C(=O)C(NC1CCCCC1)c1cnc2ccccc2c1. The van der Waals surface area contributed by atoms with Crippen molar-refractivity contribution in [3.05, 3.63) is 42.1 Å². The van der Waals surface area contributed by atoms with Crippen molar-refractivity contribution in [1.82, 2.24) is 15.2 Å². The third-order valence-electron chi connectivity index (χ3n) is 5.27. The van der Waals surface area contributed by atoms with Gasteiger partial charge < -0.3 is 4.90 Å². The molecule has 1 aromatic heterocycles. The van der Waals surface area contributed by atoms with Gasteiger partial charge in [0.25, 0.3) is 0 Å². The summed E-state index contributed by atoms with van der Waals surface area (Å²) in [6, 6.07) is 10.3. The van der Waals surface area contributed by atoms with Crippen LogP contribution in [0.25, 0.3) is 10.9 Å². The fourth-order valence-electron chi connectivity index (χ4n) is 3.78. The number of fused-ring (bicyclic) bond motifs is 1. The molecular formula is C21H29N3O. The molecule has 1 atom stereocenters. The lowest BCUT2D eigenvalue weighted by Crippen LogP contribution is -2.45. The topological polar surface area (TPSA) is 45.2 Å². The first-order valence-corrected chi connectivity index (χ1v) is 9.62. The second kappa shape index (κ2) is 8.43. The van der Waals surface area contributed by atoms with E-state index >= 15 is 0 Å². The van der Waals surface area contributed by atoms with Crippen LogP contribution >= 0.6 is 0 Å². The molecule has 3 rings (SSSR count). The summed E-state index contributed by atoms with van der Waals surface area (Å²) in [5.74, 6) is 0.160. The van der Waals surface area contributed by atoms with Crippen LogP contribution in [-0.2, 0) is 4.79 Å². The molecule has 0 aliphatic heterocycles. The highest BCUT2D eigenvalue weighted by Gasteiger charge is 2.28. The molecule has 1 unspecified atom stereocenters. The number of nitrogens with one attached hydrogen (secondary N) is 1. The Morgan fingerprint density at radius 2 is 1.92 bits per heavy atom. The number of hydrogen-bond acceptors (Lipinski definition) is 3. The lowest BCUT2D eigenvalue weighted by molar-refractivity contribution is -0.133. The average Bonchev–Trinajstić information content (AvgIpc) is 2.67. The molecule has 1 aliphatic rings. The Morgan fingerprint density at radius 3 is 2.64 bits per heavy atom. The van der Waals surface area contributed by atoms with Crippen molar-refractivity contribution < 1.29 is 4.79 Å². The molecule has 4 heteroatoms. The number of para-hydroxylation sites is 1. The first-order valence-electron chi connectivity index (χ1n) is 9.62. The third kappa shape index (κ3) is 4.18.